The molecule has 2 N–H and O–H groups in total. The zero-order valence-corrected chi connectivity index (χ0v) is 17.9. The van der Waals surface area contributed by atoms with Crippen LogP contribution in [0, 0.1) is 27.7 Å². The molecule has 28 heavy (non-hydrogen) atoms. The molecule has 0 aliphatic carbocycles. The van der Waals surface area contributed by atoms with Gasteiger partial charge in [0, 0.05) is 37.9 Å². The summed E-state index contributed by atoms with van der Waals surface area (Å²) in [7, 11) is -3.55. The Morgan fingerprint density at radius 2 is 1.61 bits per heavy atom. The van der Waals surface area contributed by atoms with Gasteiger partial charge in [-0.1, -0.05) is 6.07 Å². The number of hydrogen-bond donors (Lipinski definition) is 2. The van der Waals surface area contributed by atoms with Crippen LogP contribution in [0.15, 0.2) is 23.1 Å². The molecule has 0 spiro atoms. The second-order valence-corrected chi connectivity index (χ2v) is 9.15. The number of rotatable bonds is 7. The van der Waals surface area contributed by atoms with E-state index in [9.17, 15) is 8.42 Å². The van der Waals surface area contributed by atoms with Crippen molar-refractivity contribution in [2.45, 2.75) is 45.4 Å². The van der Waals surface area contributed by atoms with Gasteiger partial charge < -0.3 is 10.2 Å². The standard InChI is InChI=1S/C20H29N5O2S/c1-14-11-16(3)18(12-15(14)2)28(26,27)22-8-7-21-20-23-17(4)13-19(24-20)25-9-5-6-10-25/h11-13,22H,5-10H2,1-4H3,(H,21,23,24). The molecular formula is C20H29N5O2S. The summed E-state index contributed by atoms with van der Waals surface area (Å²) >= 11 is 0. The van der Waals surface area contributed by atoms with Crippen LogP contribution in [-0.2, 0) is 10.0 Å². The van der Waals surface area contributed by atoms with Crippen LogP contribution < -0.4 is 14.9 Å². The molecular weight excluding hydrogens is 374 g/mol. The van der Waals surface area contributed by atoms with Gasteiger partial charge in [-0.15, -0.1) is 0 Å². The molecule has 1 fully saturated rings. The van der Waals surface area contributed by atoms with Crippen molar-refractivity contribution >= 4 is 21.8 Å². The molecule has 1 aromatic heterocycles. The van der Waals surface area contributed by atoms with Gasteiger partial charge in [-0.3, -0.25) is 0 Å². The van der Waals surface area contributed by atoms with Gasteiger partial charge in [0.2, 0.25) is 16.0 Å². The SMILES string of the molecule is Cc1cc(N2CCCC2)nc(NCCNS(=O)(=O)c2cc(C)c(C)cc2C)n1. The first kappa shape index (κ1) is 20.5. The van der Waals surface area contributed by atoms with Crippen molar-refractivity contribution in [3.8, 4) is 0 Å². The highest BCUT2D eigenvalue weighted by Crippen LogP contribution is 2.21. The predicted octanol–water partition coefficient (Wildman–Crippen LogP) is 2.70. The van der Waals surface area contributed by atoms with Gasteiger partial charge in [0.25, 0.3) is 0 Å². The summed E-state index contributed by atoms with van der Waals surface area (Å²) in [4.78, 5) is 11.6. The molecule has 8 heteroatoms. The highest BCUT2D eigenvalue weighted by molar-refractivity contribution is 7.89. The largest absolute Gasteiger partial charge is 0.356 e. The molecule has 0 unspecified atom stereocenters. The summed E-state index contributed by atoms with van der Waals surface area (Å²) in [5.41, 5.74) is 3.70. The Labute approximate surface area is 167 Å². The number of sulfonamides is 1. The van der Waals surface area contributed by atoms with E-state index in [2.05, 4.69) is 24.9 Å². The number of benzene rings is 1. The van der Waals surface area contributed by atoms with Gasteiger partial charge in [0.1, 0.15) is 5.82 Å². The van der Waals surface area contributed by atoms with Crippen molar-refractivity contribution in [3.05, 3.63) is 40.6 Å². The molecule has 0 saturated carbocycles. The first-order chi connectivity index (χ1) is 13.3. The zero-order valence-electron chi connectivity index (χ0n) is 17.0. The van der Waals surface area contributed by atoms with Crippen molar-refractivity contribution in [2.24, 2.45) is 0 Å². The van der Waals surface area contributed by atoms with Crippen molar-refractivity contribution in [3.63, 3.8) is 0 Å². The van der Waals surface area contributed by atoms with Crippen LogP contribution in [-0.4, -0.2) is 44.6 Å². The molecule has 0 amide bonds. The van der Waals surface area contributed by atoms with Crippen molar-refractivity contribution < 1.29 is 8.42 Å². The lowest BCUT2D eigenvalue weighted by atomic mass is 10.1. The Bertz CT molecular complexity index is 953. The number of hydrogen-bond acceptors (Lipinski definition) is 6. The third-order valence-electron chi connectivity index (χ3n) is 5.05. The van der Waals surface area contributed by atoms with Crippen molar-refractivity contribution in [1.29, 1.82) is 0 Å². The number of nitrogens with one attached hydrogen (secondary N) is 2. The summed E-state index contributed by atoms with van der Waals surface area (Å²) in [5, 5.41) is 3.13. The van der Waals surface area contributed by atoms with E-state index in [1.54, 1.807) is 6.07 Å². The topological polar surface area (TPSA) is 87.2 Å². The minimum atomic E-state index is -3.55. The summed E-state index contributed by atoms with van der Waals surface area (Å²) in [6, 6.07) is 5.62. The Morgan fingerprint density at radius 1 is 0.929 bits per heavy atom. The van der Waals surface area contributed by atoms with Crippen LogP contribution in [0.2, 0.25) is 0 Å². The van der Waals surface area contributed by atoms with Crippen LogP contribution in [0.3, 0.4) is 0 Å². The molecule has 0 bridgehead atoms. The summed E-state index contributed by atoms with van der Waals surface area (Å²) in [5.74, 6) is 1.46. The normalized spacial score (nSPS) is 14.5. The first-order valence-corrected chi connectivity index (χ1v) is 11.2. The number of anilines is 2. The fraction of sp³-hybridized carbons (Fsp3) is 0.500. The van der Waals surface area contributed by atoms with E-state index in [0.29, 0.717) is 17.4 Å². The maximum Gasteiger partial charge on any atom is 0.240 e. The van der Waals surface area contributed by atoms with E-state index < -0.39 is 10.0 Å². The van der Waals surface area contributed by atoms with E-state index in [1.165, 1.54) is 12.8 Å². The van der Waals surface area contributed by atoms with Gasteiger partial charge in [0.15, 0.2) is 0 Å². The van der Waals surface area contributed by atoms with Crippen LogP contribution >= 0.6 is 0 Å². The average Bonchev–Trinajstić information content (AvgIpc) is 3.16. The molecule has 2 heterocycles. The van der Waals surface area contributed by atoms with E-state index in [-0.39, 0.29) is 6.54 Å². The van der Waals surface area contributed by atoms with Crippen molar-refractivity contribution in [1.82, 2.24) is 14.7 Å². The third kappa shape index (κ3) is 4.80. The van der Waals surface area contributed by atoms with Crippen LogP contribution in [0.1, 0.15) is 35.2 Å². The smallest absolute Gasteiger partial charge is 0.240 e. The minimum Gasteiger partial charge on any atom is -0.356 e. The lowest BCUT2D eigenvalue weighted by molar-refractivity contribution is 0.582. The molecule has 7 nitrogen and oxygen atoms in total. The lowest BCUT2D eigenvalue weighted by Crippen LogP contribution is -2.30. The van der Waals surface area contributed by atoms with Crippen molar-refractivity contribution in [2.75, 3.05) is 36.4 Å². The Hall–Kier alpha value is -2.19. The quantitative estimate of drug-likeness (QED) is 0.691. The van der Waals surface area contributed by atoms with Crippen LogP contribution in [0.4, 0.5) is 11.8 Å². The zero-order chi connectivity index (χ0) is 20.3. The van der Waals surface area contributed by atoms with Gasteiger partial charge in [-0.05, 0) is 63.3 Å². The first-order valence-electron chi connectivity index (χ1n) is 9.68. The maximum absolute atomic E-state index is 12.6. The highest BCUT2D eigenvalue weighted by Gasteiger charge is 2.18. The van der Waals surface area contributed by atoms with E-state index in [4.69, 9.17) is 0 Å². The van der Waals surface area contributed by atoms with Gasteiger partial charge >= 0.3 is 0 Å². The Balaban J connectivity index is 1.60. The molecule has 152 valence electrons. The minimum absolute atomic E-state index is 0.255. The Morgan fingerprint density at radius 3 is 2.32 bits per heavy atom. The van der Waals surface area contributed by atoms with E-state index >= 15 is 0 Å². The third-order valence-corrected chi connectivity index (χ3v) is 6.65. The average molecular weight is 404 g/mol. The highest BCUT2D eigenvalue weighted by atomic mass is 32.2. The number of nitrogens with zero attached hydrogens (tertiary/aromatic N) is 3. The number of aromatic nitrogens is 2. The predicted molar refractivity (Wildman–Crippen MR) is 113 cm³/mol. The van der Waals surface area contributed by atoms with Gasteiger partial charge in [-0.2, -0.15) is 4.98 Å². The summed E-state index contributed by atoms with van der Waals surface area (Å²) in [6.45, 7) is 10.4. The van der Waals surface area contributed by atoms with Crippen LogP contribution in [0.25, 0.3) is 0 Å². The molecule has 0 atom stereocenters. The molecule has 0 radical (unpaired) electrons. The number of aryl methyl sites for hydroxylation is 4. The fourth-order valence-corrected chi connectivity index (χ4v) is 4.74. The molecule has 1 saturated heterocycles. The lowest BCUT2D eigenvalue weighted by Gasteiger charge is -2.18. The molecule has 1 aliphatic heterocycles. The van der Waals surface area contributed by atoms with Gasteiger partial charge in [-0.25, -0.2) is 18.1 Å². The summed E-state index contributed by atoms with van der Waals surface area (Å²) < 4.78 is 27.9. The molecule has 1 aliphatic rings. The van der Waals surface area contributed by atoms with E-state index in [1.807, 2.05) is 39.8 Å². The fourth-order valence-electron chi connectivity index (χ4n) is 3.40. The van der Waals surface area contributed by atoms with E-state index in [0.717, 1.165) is 41.3 Å². The second-order valence-electron chi connectivity index (χ2n) is 7.41. The monoisotopic (exact) mass is 403 g/mol. The molecule has 3 rings (SSSR count). The van der Waals surface area contributed by atoms with Gasteiger partial charge in [0.05, 0.1) is 4.90 Å². The molecule has 2 aromatic rings. The summed E-state index contributed by atoms with van der Waals surface area (Å²) in [6.07, 6.45) is 2.37. The second kappa shape index (κ2) is 8.45. The maximum atomic E-state index is 12.6. The molecule has 1 aromatic carbocycles. The van der Waals surface area contributed by atoms with Crippen LogP contribution in [0.5, 0.6) is 0 Å². The Kier molecular flexibility index (Phi) is 6.20.